The lowest BCUT2D eigenvalue weighted by Crippen LogP contribution is -2.20. The van der Waals surface area contributed by atoms with Crippen LogP contribution in [-0.4, -0.2) is 35.8 Å². The fraction of sp³-hybridized carbons (Fsp3) is 0.400. The Kier molecular flexibility index (Phi) is 7.89. The van der Waals surface area contributed by atoms with Crippen molar-refractivity contribution < 1.29 is 24.0 Å². The maximum atomic E-state index is 11.9. The quantitative estimate of drug-likeness (QED) is 0.317. The summed E-state index contributed by atoms with van der Waals surface area (Å²) in [6.07, 6.45) is -0.0602. The van der Waals surface area contributed by atoms with E-state index in [1.807, 2.05) is 0 Å². The molecular formula is C15H19N3O6. The van der Waals surface area contributed by atoms with E-state index in [4.69, 9.17) is 9.47 Å². The topological polar surface area (TPSA) is 120 Å². The van der Waals surface area contributed by atoms with Gasteiger partial charge in [-0.2, -0.15) is 5.10 Å². The number of nitrogens with one attached hydrogen (secondary N) is 1. The molecule has 9 nitrogen and oxygen atoms in total. The average Bonchev–Trinajstić information content (AvgIpc) is 2.55. The standard InChI is InChI=1S/C15H19N3O6/c1-3-23-14(19)10-9-12(15(20)24-4-2)17-16-11-7-5-6-8-13(11)18(21)22/h5-8,16H,3-4,9-10H2,1-2H3/b17-12+. The van der Waals surface area contributed by atoms with Crippen LogP contribution in [0.5, 0.6) is 0 Å². The molecule has 0 atom stereocenters. The number of nitro groups is 1. The predicted octanol–water partition coefficient (Wildman–Crippen LogP) is 2.27. The van der Waals surface area contributed by atoms with E-state index in [1.54, 1.807) is 19.9 Å². The van der Waals surface area contributed by atoms with Crippen LogP contribution in [0.15, 0.2) is 29.4 Å². The first-order valence-corrected chi connectivity index (χ1v) is 7.38. The number of nitro benzene ring substituents is 1. The van der Waals surface area contributed by atoms with Gasteiger partial charge in [-0.05, 0) is 19.9 Å². The number of hydrogen-bond donors (Lipinski definition) is 1. The molecule has 0 spiro atoms. The minimum Gasteiger partial charge on any atom is -0.466 e. The van der Waals surface area contributed by atoms with Crippen LogP contribution in [-0.2, 0) is 19.1 Å². The molecule has 0 bridgehead atoms. The van der Waals surface area contributed by atoms with E-state index in [2.05, 4.69) is 10.5 Å². The first kappa shape index (κ1) is 19.1. The smallest absolute Gasteiger partial charge is 0.354 e. The third-order valence-electron chi connectivity index (χ3n) is 2.79. The van der Waals surface area contributed by atoms with E-state index >= 15 is 0 Å². The summed E-state index contributed by atoms with van der Waals surface area (Å²) in [5.74, 6) is -1.17. The number of para-hydroxylation sites is 2. The number of carbonyl (C=O) groups excluding carboxylic acids is 2. The Morgan fingerprint density at radius 1 is 1.17 bits per heavy atom. The molecule has 1 rings (SSSR count). The zero-order chi connectivity index (χ0) is 17.9. The van der Waals surface area contributed by atoms with Crippen LogP contribution in [0.4, 0.5) is 11.4 Å². The summed E-state index contributed by atoms with van der Waals surface area (Å²) in [4.78, 5) is 33.7. The van der Waals surface area contributed by atoms with E-state index in [0.29, 0.717) is 0 Å². The Labute approximate surface area is 138 Å². The van der Waals surface area contributed by atoms with Crippen LogP contribution in [0.25, 0.3) is 0 Å². The molecule has 0 aromatic heterocycles. The van der Waals surface area contributed by atoms with Crippen molar-refractivity contribution in [1.82, 2.24) is 0 Å². The highest BCUT2D eigenvalue weighted by molar-refractivity contribution is 6.36. The molecule has 0 amide bonds. The number of hydrogen-bond acceptors (Lipinski definition) is 8. The van der Waals surface area contributed by atoms with Gasteiger partial charge in [-0.1, -0.05) is 12.1 Å². The van der Waals surface area contributed by atoms with Crippen LogP contribution >= 0.6 is 0 Å². The lowest BCUT2D eigenvalue weighted by Gasteiger charge is -2.07. The molecule has 0 aliphatic heterocycles. The largest absolute Gasteiger partial charge is 0.466 e. The highest BCUT2D eigenvalue weighted by Gasteiger charge is 2.17. The van der Waals surface area contributed by atoms with E-state index in [-0.39, 0.29) is 43.1 Å². The number of hydrazone groups is 1. The van der Waals surface area contributed by atoms with Gasteiger partial charge in [-0.15, -0.1) is 0 Å². The van der Waals surface area contributed by atoms with Gasteiger partial charge < -0.3 is 9.47 Å². The molecule has 0 fully saturated rings. The molecule has 0 aliphatic rings. The second-order valence-electron chi connectivity index (χ2n) is 4.47. The Hall–Kier alpha value is -2.97. The van der Waals surface area contributed by atoms with Gasteiger partial charge in [0, 0.05) is 12.5 Å². The number of anilines is 1. The molecule has 0 saturated heterocycles. The first-order valence-electron chi connectivity index (χ1n) is 7.38. The predicted molar refractivity (Wildman–Crippen MR) is 86.7 cm³/mol. The van der Waals surface area contributed by atoms with Gasteiger partial charge in [-0.3, -0.25) is 20.3 Å². The molecule has 130 valence electrons. The molecule has 0 unspecified atom stereocenters. The number of benzene rings is 1. The molecule has 0 aliphatic carbocycles. The number of nitrogens with zero attached hydrogens (tertiary/aromatic N) is 2. The van der Waals surface area contributed by atoms with Crippen LogP contribution in [0.2, 0.25) is 0 Å². The molecule has 0 heterocycles. The van der Waals surface area contributed by atoms with Gasteiger partial charge in [0.05, 0.1) is 24.6 Å². The number of esters is 2. The fourth-order valence-electron chi connectivity index (χ4n) is 1.73. The summed E-state index contributed by atoms with van der Waals surface area (Å²) in [5, 5.41) is 14.8. The molecule has 0 radical (unpaired) electrons. The average molecular weight is 337 g/mol. The van der Waals surface area contributed by atoms with Crippen LogP contribution < -0.4 is 5.43 Å². The summed E-state index contributed by atoms with van der Waals surface area (Å²) in [5.41, 5.74) is 2.37. The zero-order valence-electron chi connectivity index (χ0n) is 13.5. The Bertz CT molecular complexity index is 629. The fourth-order valence-corrected chi connectivity index (χ4v) is 1.73. The van der Waals surface area contributed by atoms with Crippen molar-refractivity contribution in [3.8, 4) is 0 Å². The Morgan fingerprint density at radius 2 is 1.83 bits per heavy atom. The lowest BCUT2D eigenvalue weighted by atomic mass is 10.2. The van der Waals surface area contributed by atoms with Crippen molar-refractivity contribution in [2.45, 2.75) is 26.7 Å². The second kappa shape index (κ2) is 9.93. The minimum absolute atomic E-state index is 0.00863. The van der Waals surface area contributed by atoms with Gasteiger partial charge in [0.2, 0.25) is 0 Å². The second-order valence-corrected chi connectivity index (χ2v) is 4.47. The monoisotopic (exact) mass is 337 g/mol. The normalized spacial score (nSPS) is 10.8. The number of ether oxygens (including phenoxy) is 2. The van der Waals surface area contributed by atoms with E-state index in [1.165, 1.54) is 18.2 Å². The highest BCUT2D eigenvalue weighted by Crippen LogP contribution is 2.23. The van der Waals surface area contributed by atoms with Gasteiger partial charge in [0.15, 0.2) is 0 Å². The van der Waals surface area contributed by atoms with Crippen LogP contribution in [0.3, 0.4) is 0 Å². The van der Waals surface area contributed by atoms with Crippen LogP contribution in [0.1, 0.15) is 26.7 Å². The van der Waals surface area contributed by atoms with Gasteiger partial charge >= 0.3 is 11.9 Å². The van der Waals surface area contributed by atoms with E-state index in [9.17, 15) is 19.7 Å². The van der Waals surface area contributed by atoms with Gasteiger partial charge in [0.25, 0.3) is 5.69 Å². The third-order valence-corrected chi connectivity index (χ3v) is 2.79. The van der Waals surface area contributed by atoms with Gasteiger partial charge in [0.1, 0.15) is 11.4 Å². The molecule has 1 N–H and O–H groups in total. The Morgan fingerprint density at radius 3 is 2.46 bits per heavy atom. The number of carbonyl (C=O) groups is 2. The van der Waals surface area contributed by atoms with Crippen molar-refractivity contribution in [2.24, 2.45) is 5.10 Å². The lowest BCUT2D eigenvalue weighted by molar-refractivity contribution is -0.384. The summed E-state index contributed by atoms with van der Waals surface area (Å²) >= 11 is 0. The molecular weight excluding hydrogens is 318 g/mol. The van der Waals surface area contributed by atoms with Crippen molar-refractivity contribution in [2.75, 3.05) is 18.6 Å². The van der Waals surface area contributed by atoms with Gasteiger partial charge in [-0.25, -0.2) is 4.79 Å². The summed E-state index contributed by atoms with van der Waals surface area (Å²) in [6, 6.07) is 5.86. The minimum atomic E-state index is -0.701. The molecule has 0 saturated carbocycles. The molecule has 24 heavy (non-hydrogen) atoms. The number of rotatable bonds is 9. The highest BCUT2D eigenvalue weighted by atomic mass is 16.6. The van der Waals surface area contributed by atoms with Crippen molar-refractivity contribution in [3.63, 3.8) is 0 Å². The first-order chi connectivity index (χ1) is 11.5. The summed E-state index contributed by atoms with van der Waals surface area (Å²) < 4.78 is 9.66. The van der Waals surface area contributed by atoms with Crippen molar-refractivity contribution in [3.05, 3.63) is 34.4 Å². The zero-order valence-corrected chi connectivity index (χ0v) is 13.5. The third kappa shape index (κ3) is 6.03. The summed E-state index contributed by atoms with van der Waals surface area (Å²) in [7, 11) is 0. The van der Waals surface area contributed by atoms with Crippen LogP contribution in [0, 0.1) is 10.1 Å². The van der Waals surface area contributed by atoms with Crippen molar-refractivity contribution >= 4 is 29.0 Å². The van der Waals surface area contributed by atoms with Crippen molar-refractivity contribution in [1.29, 1.82) is 0 Å². The maximum Gasteiger partial charge on any atom is 0.354 e. The van der Waals surface area contributed by atoms with E-state index in [0.717, 1.165) is 0 Å². The molecule has 1 aromatic carbocycles. The SMILES string of the molecule is CCOC(=O)CC/C(=N\Nc1ccccc1[N+](=O)[O-])C(=O)OCC. The molecule has 9 heteroatoms. The Balaban J connectivity index is 2.90. The van der Waals surface area contributed by atoms with E-state index < -0.39 is 16.9 Å². The maximum absolute atomic E-state index is 11.9. The molecule has 1 aromatic rings. The summed E-state index contributed by atoms with van der Waals surface area (Å²) in [6.45, 7) is 3.69.